The van der Waals surface area contributed by atoms with Crippen molar-refractivity contribution in [2.45, 2.75) is 63.2 Å². The lowest BCUT2D eigenvalue weighted by Gasteiger charge is -2.29. The third kappa shape index (κ3) is 3.40. The highest BCUT2D eigenvalue weighted by Crippen LogP contribution is 2.48. The molecule has 2 aliphatic carbocycles. The van der Waals surface area contributed by atoms with Crippen LogP contribution in [0.5, 0.6) is 5.75 Å². The van der Waals surface area contributed by atoms with Crippen LogP contribution in [0, 0.1) is 12.7 Å². The predicted molar refractivity (Wildman–Crippen MR) is 116 cm³/mol. The molecule has 11 heteroatoms. The summed E-state index contributed by atoms with van der Waals surface area (Å²) in [5.41, 5.74) is 4.85. The van der Waals surface area contributed by atoms with E-state index in [9.17, 15) is 27.9 Å². The second-order valence-corrected chi connectivity index (χ2v) is 9.94. The molecule has 0 aliphatic heterocycles. The minimum atomic E-state index is -4.56. The van der Waals surface area contributed by atoms with Crippen molar-refractivity contribution in [1.82, 2.24) is 9.55 Å². The zero-order valence-corrected chi connectivity index (χ0v) is 18.4. The number of nitrogens with two attached hydrogens (primary N) is 1. The SMILES string of the molecule is Cc1c(-c2cc3c(s2)CCCC3C(N)C(F)(F)F)c(F)c(O)c2c(=O)[nH]c(=O)n(C3CC3)c12. The van der Waals surface area contributed by atoms with Crippen LogP contribution >= 0.6 is 11.3 Å². The molecule has 0 saturated heterocycles. The molecule has 2 unspecified atom stereocenters. The van der Waals surface area contributed by atoms with Crippen molar-refractivity contribution in [1.29, 1.82) is 0 Å². The smallest absolute Gasteiger partial charge is 0.404 e. The van der Waals surface area contributed by atoms with Crippen molar-refractivity contribution in [2.24, 2.45) is 5.73 Å². The van der Waals surface area contributed by atoms with Gasteiger partial charge in [-0.25, -0.2) is 9.18 Å². The second-order valence-electron chi connectivity index (χ2n) is 8.80. The zero-order chi connectivity index (χ0) is 23.8. The molecule has 33 heavy (non-hydrogen) atoms. The number of benzene rings is 1. The Kier molecular flexibility index (Phi) is 4.98. The van der Waals surface area contributed by atoms with E-state index in [2.05, 4.69) is 4.98 Å². The summed E-state index contributed by atoms with van der Waals surface area (Å²) in [6.07, 6.45) is -1.80. The van der Waals surface area contributed by atoms with Crippen molar-refractivity contribution in [2.75, 3.05) is 0 Å². The average Bonchev–Trinajstić information content (AvgIpc) is 3.48. The highest BCUT2D eigenvalue weighted by atomic mass is 32.1. The van der Waals surface area contributed by atoms with Crippen molar-refractivity contribution in [3.05, 3.63) is 48.7 Å². The van der Waals surface area contributed by atoms with Crippen LogP contribution in [0.3, 0.4) is 0 Å². The minimum Gasteiger partial charge on any atom is -0.504 e. The molecule has 0 amide bonds. The standard InChI is InChI=1S/C22H21F4N3O3S/c1-8-14(13-7-11-10(19(27)22(24,25)26)3-2-4-12(11)33-13)16(23)18(30)15-17(8)29(9-5-6-9)21(32)28-20(15)31/h7,9-10,19,30H,2-6,27H2,1H3,(H,28,31,32). The molecule has 5 rings (SSSR count). The first-order valence-electron chi connectivity index (χ1n) is 10.7. The monoisotopic (exact) mass is 483 g/mol. The Labute approximate surface area is 188 Å². The maximum atomic E-state index is 15.4. The molecule has 2 heterocycles. The van der Waals surface area contributed by atoms with Crippen LogP contribution < -0.4 is 17.0 Å². The molecule has 2 aliphatic rings. The molecular weight excluding hydrogens is 462 g/mol. The van der Waals surface area contributed by atoms with Crippen LogP contribution in [0.1, 0.15) is 53.6 Å². The molecule has 0 bridgehead atoms. The van der Waals surface area contributed by atoms with Crippen molar-refractivity contribution < 1.29 is 22.7 Å². The predicted octanol–water partition coefficient (Wildman–Crippen LogP) is 4.22. The number of aromatic amines is 1. The first-order valence-corrected chi connectivity index (χ1v) is 11.5. The number of aromatic hydroxyl groups is 1. The Hall–Kier alpha value is -2.66. The number of nitrogens with zero attached hydrogens (tertiary/aromatic N) is 1. The molecule has 6 nitrogen and oxygen atoms in total. The van der Waals surface area contributed by atoms with Gasteiger partial charge in [0.1, 0.15) is 11.4 Å². The van der Waals surface area contributed by atoms with Gasteiger partial charge in [-0.05, 0) is 56.2 Å². The van der Waals surface area contributed by atoms with E-state index in [4.69, 9.17) is 5.73 Å². The van der Waals surface area contributed by atoms with E-state index in [0.717, 1.165) is 11.3 Å². The lowest BCUT2D eigenvalue weighted by molar-refractivity contribution is -0.153. The summed E-state index contributed by atoms with van der Waals surface area (Å²) in [7, 11) is 0. The van der Waals surface area contributed by atoms with Crippen LogP contribution in [0.2, 0.25) is 0 Å². The van der Waals surface area contributed by atoms with Gasteiger partial charge in [-0.3, -0.25) is 14.3 Å². The van der Waals surface area contributed by atoms with Crippen molar-refractivity contribution in [3.63, 3.8) is 0 Å². The molecule has 2 atom stereocenters. The number of phenolic OH excluding ortho intramolecular Hbond substituents is 1. The average molecular weight is 483 g/mol. The number of alkyl halides is 3. The van der Waals surface area contributed by atoms with Crippen LogP contribution in [-0.2, 0) is 6.42 Å². The van der Waals surface area contributed by atoms with E-state index in [0.29, 0.717) is 41.0 Å². The van der Waals surface area contributed by atoms with E-state index in [-0.39, 0.29) is 34.5 Å². The van der Waals surface area contributed by atoms with E-state index < -0.39 is 41.0 Å². The highest BCUT2D eigenvalue weighted by molar-refractivity contribution is 7.15. The summed E-state index contributed by atoms with van der Waals surface area (Å²) in [4.78, 5) is 28.1. The van der Waals surface area contributed by atoms with Gasteiger partial charge in [-0.15, -0.1) is 11.3 Å². The molecule has 1 aromatic carbocycles. The number of fused-ring (bicyclic) bond motifs is 2. The number of thiophene rings is 1. The highest BCUT2D eigenvalue weighted by Gasteiger charge is 2.44. The molecule has 4 N–H and O–H groups in total. The number of halogens is 4. The van der Waals surface area contributed by atoms with Gasteiger partial charge < -0.3 is 10.8 Å². The van der Waals surface area contributed by atoms with Crippen LogP contribution in [0.15, 0.2) is 15.7 Å². The quantitative estimate of drug-likeness (QED) is 0.486. The Balaban J connectivity index is 1.76. The summed E-state index contributed by atoms with van der Waals surface area (Å²) in [6.45, 7) is 1.55. The Morgan fingerprint density at radius 3 is 2.61 bits per heavy atom. The summed E-state index contributed by atoms with van der Waals surface area (Å²) < 4.78 is 56.8. The lowest BCUT2D eigenvalue weighted by atomic mass is 9.82. The van der Waals surface area contributed by atoms with E-state index >= 15 is 4.39 Å². The van der Waals surface area contributed by atoms with E-state index in [1.165, 1.54) is 10.6 Å². The van der Waals surface area contributed by atoms with Crippen molar-refractivity contribution >= 4 is 22.2 Å². The minimum absolute atomic E-state index is 0.0156. The normalized spacial score (nSPS) is 19.6. The Bertz CT molecular complexity index is 1400. The maximum Gasteiger partial charge on any atom is 0.404 e. The van der Waals surface area contributed by atoms with Crippen LogP contribution in [0.25, 0.3) is 21.3 Å². The number of nitrogens with one attached hydrogen (secondary N) is 1. The Morgan fingerprint density at radius 1 is 1.27 bits per heavy atom. The summed E-state index contributed by atoms with van der Waals surface area (Å²) in [6, 6.07) is -0.689. The molecule has 1 saturated carbocycles. The fourth-order valence-corrected chi connectivity index (χ4v) is 6.31. The molecule has 1 fully saturated rings. The molecule has 0 radical (unpaired) electrons. The maximum absolute atomic E-state index is 15.4. The van der Waals surface area contributed by atoms with Gasteiger partial charge in [0.25, 0.3) is 5.56 Å². The fourth-order valence-electron chi connectivity index (χ4n) is 4.94. The van der Waals surface area contributed by atoms with Crippen LogP contribution in [-0.4, -0.2) is 26.9 Å². The number of rotatable bonds is 3. The lowest BCUT2D eigenvalue weighted by Crippen LogP contribution is -2.43. The van der Waals surface area contributed by atoms with Crippen molar-refractivity contribution in [3.8, 4) is 16.2 Å². The number of aryl methyl sites for hydroxylation is 2. The van der Waals surface area contributed by atoms with Gasteiger partial charge in [0.15, 0.2) is 11.6 Å². The largest absolute Gasteiger partial charge is 0.504 e. The molecule has 2 aromatic heterocycles. The van der Waals surface area contributed by atoms with Crippen LogP contribution in [0.4, 0.5) is 17.6 Å². The molecule has 3 aromatic rings. The van der Waals surface area contributed by atoms with Gasteiger partial charge in [0.2, 0.25) is 0 Å². The first-order chi connectivity index (χ1) is 15.5. The number of phenols is 1. The zero-order valence-electron chi connectivity index (χ0n) is 17.6. The number of H-pyrrole nitrogens is 1. The third-order valence-electron chi connectivity index (χ3n) is 6.67. The third-order valence-corrected chi connectivity index (χ3v) is 7.90. The van der Waals surface area contributed by atoms with Gasteiger partial charge in [-0.1, -0.05) is 0 Å². The molecular formula is C22H21F4N3O3S. The summed E-state index contributed by atoms with van der Waals surface area (Å²) in [5.74, 6) is -2.86. The second kappa shape index (κ2) is 7.42. The fraction of sp³-hybridized carbons (Fsp3) is 0.455. The van der Waals surface area contributed by atoms with Gasteiger partial charge in [0.05, 0.1) is 5.52 Å². The number of hydrogen-bond donors (Lipinski definition) is 3. The topological polar surface area (TPSA) is 101 Å². The van der Waals surface area contributed by atoms with Gasteiger partial charge >= 0.3 is 11.9 Å². The number of hydrogen-bond acceptors (Lipinski definition) is 5. The Morgan fingerprint density at radius 2 is 1.97 bits per heavy atom. The summed E-state index contributed by atoms with van der Waals surface area (Å²) >= 11 is 1.16. The van der Waals surface area contributed by atoms with E-state index in [1.807, 2.05) is 0 Å². The molecule has 0 spiro atoms. The number of aromatic nitrogens is 2. The van der Waals surface area contributed by atoms with Gasteiger partial charge in [-0.2, -0.15) is 13.2 Å². The van der Waals surface area contributed by atoms with Gasteiger partial charge in [0, 0.05) is 27.3 Å². The van der Waals surface area contributed by atoms with E-state index in [1.54, 1.807) is 6.92 Å². The molecule has 176 valence electrons. The summed E-state index contributed by atoms with van der Waals surface area (Å²) in [5, 5.41) is 10.3. The first kappa shape index (κ1) is 22.1.